The first-order valence-electron chi connectivity index (χ1n) is 7.19. The van der Waals surface area contributed by atoms with Gasteiger partial charge in [0.25, 0.3) is 0 Å². The Labute approximate surface area is 104 Å². The predicted molar refractivity (Wildman–Crippen MR) is 71.0 cm³/mol. The van der Waals surface area contributed by atoms with Crippen molar-refractivity contribution in [2.45, 2.75) is 64.2 Å². The molecule has 2 aliphatic carbocycles. The predicted octanol–water partition coefficient (Wildman–Crippen LogP) is 3.90. The van der Waals surface area contributed by atoms with Gasteiger partial charge in [-0.1, -0.05) is 49.7 Å². The van der Waals surface area contributed by atoms with Crippen LogP contribution in [0.5, 0.6) is 0 Å². The summed E-state index contributed by atoms with van der Waals surface area (Å²) in [6.45, 7) is 0. The van der Waals surface area contributed by atoms with E-state index >= 15 is 0 Å². The largest absolute Gasteiger partial charge is 0.616 e. The van der Waals surface area contributed by atoms with Gasteiger partial charge in [-0.2, -0.15) is 0 Å². The maximum Gasteiger partial charge on any atom is 0.108 e. The lowest BCUT2D eigenvalue weighted by atomic mass is 9.91. The molecule has 0 aliphatic heterocycles. The van der Waals surface area contributed by atoms with Gasteiger partial charge in [-0.05, 0) is 25.7 Å². The molecule has 2 rings (SSSR count). The summed E-state index contributed by atoms with van der Waals surface area (Å²) in [5.41, 5.74) is 0. The van der Waals surface area contributed by atoms with E-state index in [1.54, 1.807) is 0 Å². The molecule has 0 atom stereocenters. The van der Waals surface area contributed by atoms with Gasteiger partial charge in [-0.25, -0.2) is 0 Å². The molecule has 0 aromatic rings. The van der Waals surface area contributed by atoms with Crippen molar-refractivity contribution >= 4 is 11.2 Å². The lowest BCUT2D eigenvalue weighted by molar-refractivity contribution is 0.373. The molecule has 0 bridgehead atoms. The molecule has 0 aromatic heterocycles. The fourth-order valence-electron chi connectivity index (χ4n) is 3.30. The zero-order valence-corrected chi connectivity index (χ0v) is 11.3. The molecular formula is C14H26OS. The van der Waals surface area contributed by atoms with Crippen LogP contribution in [0.4, 0.5) is 0 Å². The quantitative estimate of drug-likeness (QED) is 0.686. The van der Waals surface area contributed by atoms with Gasteiger partial charge in [0.15, 0.2) is 0 Å². The van der Waals surface area contributed by atoms with Gasteiger partial charge in [0.05, 0.1) is 0 Å². The van der Waals surface area contributed by atoms with Crippen LogP contribution >= 0.6 is 0 Å². The molecule has 0 aromatic carbocycles. The molecule has 1 nitrogen and oxygen atoms in total. The van der Waals surface area contributed by atoms with Crippen molar-refractivity contribution in [1.29, 1.82) is 0 Å². The first-order valence-corrected chi connectivity index (χ1v) is 8.68. The Morgan fingerprint density at radius 1 is 0.688 bits per heavy atom. The van der Waals surface area contributed by atoms with Gasteiger partial charge in [0.2, 0.25) is 0 Å². The van der Waals surface area contributed by atoms with Crippen molar-refractivity contribution in [1.82, 2.24) is 0 Å². The third-order valence-electron chi connectivity index (χ3n) is 4.29. The van der Waals surface area contributed by atoms with Gasteiger partial charge in [-0.15, -0.1) is 0 Å². The fraction of sp³-hybridized carbons (Fsp3) is 1.00. The molecule has 0 radical (unpaired) electrons. The Morgan fingerprint density at radius 3 is 1.44 bits per heavy atom. The second-order valence-corrected chi connectivity index (χ2v) is 7.33. The smallest absolute Gasteiger partial charge is 0.108 e. The summed E-state index contributed by atoms with van der Waals surface area (Å²) in [6, 6.07) is 0. The minimum absolute atomic E-state index is 0.515. The Kier molecular flexibility index (Phi) is 5.51. The van der Waals surface area contributed by atoms with Crippen molar-refractivity contribution < 1.29 is 4.55 Å². The van der Waals surface area contributed by atoms with E-state index in [4.69, 9.17) is 0 Å². The minimum atomic E-state index is -0.515. The minimum Gasteiger partial charge on any atom is -0.616 e. The maximum atomic E-state index is 12.1. The van der Waals surface area contributed by atoms with E-state index < -0.39 is 11.2 Å². The molecule has 2 saturated carbocycles. The van der Waals surface area contributed by atoms with Gasteiger partial charge in [0.1, 0.15) is 11.5 Å². The molecule has 94 valence electrons. The van der Waals surface area contributed by atoms with Crippen molar-refractivity contribution in [3.63, 3.8) is 0 Å². The maximum absolute atomic E-state index is 12.1. The van der Waals surface area contributed by atoms with Crippen LogP contribution in [-0.4, -0.2) is 16.1 Å². The number of hydrogen-bond donors (Lipinski definition) is 0. The first-order chi connectivity index (χ1) is 7.84. The molecule has 0 heterocycles. The second-order valence-electron chi connectivity index (χ2n) is 5.78. The summed E-state index contributed by atoms with van der Waals surface area (Å²) < 4.78 is 12.1. The Hall–Kier alpha value is 0.310. The van der Waals surface area contributed by atoms with E-state index in [-0.39, 0.29) is 0 Å². The van der Waals surface area contributed by atoms with E-state index in [1.807, 2.05) is 0 Å². The highest BCUT2D eigenvalue weighted by atomic mass is 32.2. The Bertz CT molecular complexity index is 163. The molecule has 2 aliphatic rings. The SMILES string of the molecule is [O-][S+](CC1CCCCC1)CC1CCCCC1. The number of rotatable bonds is 4. The topological polar surface area (TPSA) is 23.1 Å². The van der Waals surface area contributed by atoms with Crippen LogP contribution in [0.15, 0.2) is 0 Å². The third kappa shape index (κ3) is 4.29. The highest BCUT2D eigenvalue weighted by Gasteiger charge is 2.23. The highest BCUT2D eigenvalue weighted by Crippen LogP contribution is 2.28. The van der Waals surface area contributed by atoms with Gasteiger partial charge >= 0.3 is 0 Å². The van der Waals surface area contributed by atoms with Crippen LogP contribution in [0.25, 0.3) is 0 Å². The van der Waals surface area contributed by atoms with E-state index in [1.165, 1.54) is 64.2 Å². The summed E-state index contributed by atoms with van der Waals surface area (Å²) in [5, 5.41) is 0. The summed E-state index contributed by atoms with van der Waals surface area (Å²) >= 11 is -0.515. The van der Waals surface area contributed by atoms with Crippen LogP contribution in [0.3, 0.4) is 0 Å². The van der Waals surface area contributed by atoms with Gasteiger partial charge < -0.3 is 4.55 Å². The summed E-state index contributed by atoms with van der Waals surface area (Å²) in [6.07, 6.45) is 13.7. The molecule has 0 saturated heterocycles. The average molecular weight is 242 g/mol. The van der Waals surface area contributed by atoms with Crippen molar-refractivity contribution in [3.05, 3.63) is 0 Å². The van der Waals surface area contributed by atoms with E-state index in [2.05, 4.69) is 0 Å². The van der Waals surface area contributed by atoms with Crippen molar-refractivity contribution in [2.75, 3.05) is 11.5 Å². The average Bonchev–Trinajstić information content (AvgIpc) is 2.31. The molecular weight excluding hydrogens is 216 g/mol. The second kappa shape index (κ2) is 6.90. The van der Waals surface area contributed by atoms with Crippen molar-refractivity contribution in [2.24, 2.45) is 11.8 Å². The monoisotopic (exact) mass is 242 g/mol. The summed E-state index contributed by atoms with van der Waals surface area (Å²) in [4.78, 5) is 0. The normalized spacial score (nSPS) is 25.1. The zero-order valence-electron chi connectivity index (χ0n) is 10.5. The van der Waals surface area contributed by atoms with Gasteiger partial charge in [0, 0.05) is 11.8 Å². The molecule has 2 fully saturated rings. The molecule has 16 heavy (non-hydrogen) atoms. The lowest BCUT2D eigenvalue weighted by Gasteiger charge is -2.26. The Morgan fingerprint density at radius 2 is 1.06 bits per heavy atom. The molecule has 0 unspecified atom stereocenters. The van der Waals surface area contributed by atoms with Crippen molar-refractivity contribution in [3.8, 4) is 0 Å². The van der Waals surface area contributed by atoms with Crippen LogP contribution in [0.1, 0.15) is 64.2 Å². The van der Waals surface area contributed by atoms with E-state index in [9.17, 15) is 4.55 Å². The van der Waals surface area contributed by atoms with Crippen LogP contribution in [0.2, 0.25) is 0 Å². The molecule has 2 heteroatoms. The first kappa shape index (κ1) is 12.8. The van der Waals surface area contributed by atoms with Crippen LogP contribution < -0.4 is 0 Å². The highest BCUT2D eigenvalue weighted by molar-refractivity contribution is 7.91. The molecule has 0 spiro atoms. The Balaban J connectivity index is 1.64. The fourth-order valence-corrected chi connectivity index (χ4v) is 5.16. The molecule has 0 amide bonds. The zero-order chi connectivity index (χ0) is 11.2. The summed E-state index contributed by atoms with van der Waals surface area (Å²) in [5.74, 6) is 3.60. The van der Waals surface area contributed by atoms with E-state index in [0.29, 0.717) is 0 Å². The third-order valence-corrected chi connectivity index (χ3v) is 5.98. The van der Waals surface area contributed by atoms with Crippen LogP contribution in [0, 0.1) is 11.8 Å². The summed E-state index contributed by atoms with van der Waals surface area (Å²) in [7, 11) is 0. The number of hydrogen-bond acceptors (Lipinski definition) is 1. The standard InChI is InChI=1S/C14H26OS/c15-16(11-13-7-3-1-4-8-13)12-14-9-5-2-6-10-14/h13-14H,1-12H2. The van der Waals surface area contributed by atoms with Gasteiger partial charge in [-0.3, -0.25) is 0 Å². The molecule has 0 N–H and O–H groups in total. The van der Waals surface area contributed by atoms with Crippen LogP contribution in [-0.2, 0) is 11.2 Å². The van der Waals surface area contributed by atoms with E-state index in [0.717, 1.165) is 23.3 Å². The lowest BCUT2D eigenvalue weighted by Crippen LogP contribution is -2.25.